The number of thiazole rings is 1. The summed E-state index contributed by atoms with van der Waals surface area (Å²) in [6, 6.07) is 0. The first-order chi connectivity index (χ1) is 8.85. The van der Waals surface area contributed by atoms with Gasteiger partial charge in [0.05, 0.1) is 30.5 Å². The van der Waals surface area contributed by atoms with E-state index in [1.165, 1.54) is 34.8 Å². The Morgan fingerprint density at radius 3 is 3.06 bits per heavy atom. The lowest BCUT2D eigenvalue weighted by Gasteiger charge is -2.18. The minimum atomic E-state index is 0.480. The molecule has 102 valence electrons. The molecule has 0 amide bonds. The van der Waals surface area contributed by atoms with Gasteiger partial charge < -0.3 is 15.2 Å². The van der Waals surface area contributed by atoms with Crippen molar-refractivity contribution in [3.05, 3.63) is 15.6 Å². The van der Waals surface area contributed by atoms with Crippen molar-refractivity contribution in [2.45, 2.75) is 31.6 Å². The monoisotopic (exact) mass is 270 g/mol. The second kappa shape index (κ2) is 7.19. The van der Waals surface area contributed by atoms with E-state index in [1.54, 1.807) is 7.11 Å². The third-order valence-corrected chi connectivity index (χ3v) is 4.48. The fourth-order valence-electron chi connectivity index (χ4n) is 2.30. The van der Waals surface area contributed by atoms with Gasteiger partial charge in [-0.2, -0.15) is 0 Å². The molecule has 18 heavy (non-hydrogen) atoms. The quantitative estimate of drug-likeness (QED) is 0.767. The predicted molar refractivity (Wildman–Crippen MR) is 73.2 cm³/mol. The topological polar surface area (TPSA) is 57.4 Å². The summed E-state index contributed by atoms with van der Waals surface area (Å²) in [5.74, 6) is 0.480. The molecule has 5 heteroatoms. The van der Waals surface area contributed by atoms with Crippen molar-refractivity contribution in [1.82, 2.24) is 4.98 Å². The maximum Gasteiger partial charge on any atom is 0.0954 e. The Morgan fingerprint density at radius 2 is 2.28 bits per heavy atom. The van der Waals surface area contributed by atoms with Crippen LogP contribution in [0.4, 0.5) is 0 Å². The lowest BCUT2D eigenvalue weighted by molar-refractivity contribution is 0.0722. The van der Waals surface area contributed by atoms with Gasteiger partial charge >= 0.3 is 0 Å². The van der Waals surface area contributed by atoms with Crippen molar-refractivity contribution < 1.29 is 9.47 Å². The average molecular weight is 270 g/mol. The highest BCUT2D eigenvalue weighted by atomic mass is 32.1. The molecule has 0 aromatic carbocycles. The molecular weight excluding hydrogens is 248 g/mol. The molecule has 0 saturated carbocycles. The predicted octanol–water partition coefficient (Wildman–Crippen LogP) is 1.73. The Labute approximate surface area is 113 Å². The highest BCUT2D eigenvalue weighted by molar-refractivity contribution is 7.11. The van der Waals surface area contributed by atoms with Crippen LogP contribution in [-0.4, -0.2) is 38.5 Å². The van der Waals surface area contributed by atoms with Gasteiger partial charge in [-0.3, -0.25) is 0 Å². The van der Waals surface area contributed by atoms with Gasteiger partial charge in [-0.05, 0) is 19.3 Å². The van der Waals surface area contributed by atoms with E-state index in [0.29, 0.717) is 19.1 Å². The highest BCUT2D eigenvalue weighted by Gasteiger charge is 2.23. The van der Waals surface area contributed by atoms with Crippen molar-refractivity contribution in [1.29, 1.82) is 0 Å². The van der Waals surface area contributed by atoms with Crippen LogP contribution in [0.2, 0.25) is 0 Å². The van der Waals surface area contributed by atoms with Crippen molar-refractivity contribution in [3.63, 3.8) is 0 Å². The van der Waals surface area contributed by atoms with Crippen LogP contribution in [0.15, 0.2) is 0 Å². The van der Waals surface area contributed by atoms with E-state index < -0.39 is 0 Å². The van der Waals surface area contributed by atoms with Crippen LogP contribution in [0, 0.1) is 0 Å². The zero-order valence-electron chi connectivity index (χ0n) is 11.0. The molecule has 1 aromatic rings. The number of ether oxygens (including phenoxy) is 2. The van der Waals surface area contributed by atoms with Gasteiger partial charge in [0.1, 0.15) is 0 Å². The minimum Gasteiger partial charge on any atom is -0.382 e. The number of rotatable bonds is 7. The van der Waals surface area contributed by atoms with E-state index in [9.17, 15) is 0 Å². The summed E-state index contributed by atoms with van der Waals surface area (Å²) >= 11 is 1.84. The lowest BCUT2D eigenvalue weighted by atomic mass is 9.91. The van der Waals surface area contributed by atoms with Crippen molar-refractivity contribution >= 4 is 11.3 Å². The van der Waals surface area contributed by atoms with E-state index in [1.807, 2.05) is 11.3 Å². The Kier molecular flexibility index (Phi) is 5.56. The van der Waals surface area contributed by atoms with Crippen molar-refractivity contribution in [3.8, 4) is 0 Å². The van der Waals surface area contributed by atoms with Crippen LogP contribution in [0.5, 0.6) is 0 Å². The number of aryl methyl sites for hydroxylation is 1. The molecule has 2 rings (SSSR count). The van der Waals surface area contributed by atoms with E-state index in [4.69, 9.17) is 20.2 Å². The first-order valence-corrected chi connectivity index (χ1v) is 7.42. The van der Waals surface area contributed by atoms with Gasteiger partial charge in [0.25, 0.3) is 0 Å². The average Bonchev–Trinajstić information content (AvgIpc) is 2.81. The van der Waals surface area contributed by atoms with Crippen LogP contribution in [0.1, 0.15) is 34.3 Å². The highest BCUT2D eigenvalue weighted by Crippen LogP contribution is 2.34. The molecule has 1 aliphatic carbocycles. The summed E-state index contributed by atoms with van der Waals surface area (Å²) in [5.41, 5.74) is 7.07. The van der Waals surface area contributed by atoms with Crippen LogP contribution in [-0.2, 0) is 22.3 Å². The van der Waals surface area contributed by atoms with Gasteiger partial charge in [-0.15, -0.1) is 11.3 Å². The Morgan fingerprint density at radius 1 is 1.39 bits per heavy atom. The van der Waals surface area contributed by atoms with Gasteiger partial charge in [0, 0.05) is 30.9 Å². The molecule has 1 atom stereocenters. The molecular formula is C13H22N2O2S. The maximum atomic E-state index is 5.81. The van der Waals surface area contributed by atoms with Crippen LogP contribution in [0.3, 0.4) is 0 Å². The molecule has 0 aliphatic heterocycles. The largest absolute Gasteiger partial charge is 0.382 e. The molecule has 1 aromatic heterocycles. The van der Waals surface area contributed by atoms with Gasteiger partial charge in [0.2, 0.25) is 0 Å². The van der Waals surface area contributed by atoms with Crippen LogP contribution < -0.4 is 5.73 Å². The minimum absolute atomic E-state index is 0.480. The molecule has 1 unspecified atom stereocenters. The van der Waals surface area contributed by atoms with E-state index >= 15 is 0 Å². The van der Waals surface area contributed by atoms with Gasteiger partial charge in [-0.25, -0.2) is 4.98 Å². The Hall–Kier alpha value is -0.490. The maximum absolute atomic E-state index is 5.81. The number of fused-ring (bicyclic) bond motifs is 1. The zero-order valence-corrected chi connectivity index (χ0v) is 11.8. The molecule has 4 nitrogen and oxygen atoms in total. The molecule has 1 aliphatic rings. The third-order valence-electron chi connectivity index (χ3n) is 3.29. The molecule has 0 radical (unpaired) electrons. The van der Waals surface area contributed by atoms with E-state index in [2.05, 4.69) is 0 Å². The van der Waals surface area contributed by atoms with Crippen LogP contribution >= 0.6 is 11.3 Å². The summed E-state index contributed by atoms with van der Waals surface area (Å²) in [7, 11) is 1.69. The molecule has 1 heterocycles. The normalized spacial score (nSPS) is 18.9. The van der Waals surface area contributed by atoms with Crippen molar-refractivity contribution in [2.24, 2.45) is 5.73 Å². The number of nitrogens with two attached hydrogens (primary N) is 1. The smallest absolute Gasteiger partial charge is 0.0954 e. The number of methoxy groups -OCH3 is 1. The first kappa shape index (κ1) is 13.9. The first-order valence-electron chi connectivity index (χ1n) is 6.60. The van der Waals surface area contributed by atoms with E-state index in [-0.39, 0.29) is 0 Å². The SMILES string of the molecule is COCCOCCc1nc2c(s1)CCCC2CN. The molecule has 0 spiro atoms. The molecule has 0 saturated heterocycles. The molecule has 0 fully saturated rings. The number of hydrogen-bond acceptors (Lipinski definition) is 5. The number of aromatic nitrogens is 1. The Balaban J connectivity index is 1.85. The number of nitrogens with zero attached hydrogens (tertiary/aromatic N) is 1. The summed E-state index contributed by atoms with van der Waals surface area (Å²) in [6.07, 6.45) is 4.52. The second-order valence-corrected chi connectivity index (χ2v) is 5.76. The standard InChI is InChI=1S/C13H22N2O2S/c1-16-7-8-17-6-5-12-15-13-10(9-14)3-2-4-11(13)18-12/h10H,2-9,14H2,1H3. The van der Waals surface area contributed by atoms with Crippen molar-refractivity contribution in [2.75, 3.05) is 33.5 Å². The van der Waals surface area contributed by atoms with Crippen LogP contribution in [0.25, 0.3) is 0 Å². The molecule has 0 bridgehead atoms. The summed E-state index contributed by atoms with van der Waals surface area (Å²) in [4.78, 5) is 6.20. The summed E-state index contributed by atoms with van der Waals surface area (Å²) in [5, 5.41) is 1.19. The third kappa shape index (κ3) is 3.51. The number of hydrogen-bond donors (Lipinski definition) is 1. The fourth-order valence-corrected chi connectivity index (χ4v) is 3.48. The zero-order chi connectivity index (χ0) is 12.8. The second-order valence-electron chi connectivity index (χ2n) is 4.60. The summed E-state index contributed by atoms with van der Waals surface area (Å²) < 4.78 is 10.4. The Bertz CT molecular complexity index is 368. The van der Waals surface area contributed by atoms with Gasteiger partial charge in [0.15, 0.2) is 0 Å². The van der Waals surface area contributed by atoms with E-state index in [0.717, 1.165) is 19.6 Å². The lowest BCUT2D eigenvalue weighted by Crippen LogP contribution is -2.17. The van der Waals surface area contributed by atoms with Gasteiger partial charge in [-0.1, -0.05) is 0 Å². The summed E-state index contributed by atoms with van der Waals surface area (Å²) in [6.45, 7) is 2.76. The fraction of sp³-hybridized carbons (Fsp3) is 0.769. The molecule has 2 N–H and O–H groups in total.